The van der Waals surface area contributed by atoms with Gasteiger partial charge in [-0.25, -0.2) is 0 Å². The minimum absolute atomic E-state index is 0.505. The highest BCUT2D eigenvalue weighted by atomic mass is 15.2. The molecule has 1 saturated heterocycles. The van der Waals surface area contributed by atoms with Crippen molar-refractivity contribution in [1.29, 1.82) is 0 Å². The summed E-state index contributed by atoms with van der Waals surface area (Å²) >= 11 is 0. The SMILES string of the molecule is CC(C)NCc1cccc(CN2CC(C)C(C)C2)n1. The second kappa shape index (κ2) is 6.49. The van der Waals surface area contributed by atoms with Gasteiger partial charge in [0.2, 0.25) is 0 Å². The average Bonchev–Trinajstić information content (AvgIpc) is 2.66. The standard InChI is InChI=1S/C16H27N3/c1-12(2)17-8-15-6-5-7-16(18-15)11-19-9-13(3)14(4)10-19/h5-7,12-14,17H,8-11H2,1-4H3. The molecular weight excluding hydrogens is 234 g/mol. The van der Waals surface area contributed by atoms with Gasteiger partial charge < -0.3 is 5.32 Å². The molecule has 2 rings (SSSR count). The second-order valence-electron chi connectivity index (χ2n) is 6.30. The Hall–Kier alpha value is -0.930. The second-order valence-corrected chi connectivity index (χ2v) is 6.30. The van der Waals surface area contributed by atoms with Crippen LogP contribution in [0.15, 0.2) is 18.2 Å². The molecule has 19 heavy (non-hydrogen) atoms. The third kappa shape index (κ3) is 4.29. The van der Waals surface area contributed by atoms with E-state index in [0.717, 1.165) is 30.6 Å². The smallest absolute Gasteiger partial charge is 0.0547 e. The normalized spacial score (nSPS) is 24.3. The minimum Gasteiger partial charge on any atom is -0.309 e. The number of nitrogens with one attached hydrogen (secondary N) is 1. The van der Waals surface area contributed by atoms with Gasteiger partial charge in [-0.1, -0.05) is 33.8 Å². The van der Waals surface area contributed by atoms with Crippen LogP contribution in [0.5, 0.6) is 0 Å². The molecule has 0 amide bonds. The molecule has 2 atom stereocenters. The first-order valence-electron chi connectivity index (χ1n) is 7.45. The van der Waals surface area contributed by atoms with E-state index in [2.05, 4.69) is 56.1 Å². The third-order valence-corrected chi connectivity index (χ3v) is 4.01. The van der Waals surface area contributed by atoms with Gasteiger partial charge >= 0.3 is 0 Å². The lowest BCUT2D eigenvalue weighted by Crippen LogP contribution is -2.24. The fourth-order valence-electron chi connectivity index (χ4n) is 2.63. The fourth-order valence-corrected chi connectivity index (χ4v) is 2.63. The summed E-state index contributed by atoms with van der Waals surface area (Å²) in [6, 6.07) is 6.88. The van der Waals surface area contributed by atoms with Gasteiger partial charge in [0.1, 0.15) is 0 Å². The zero-order valence-corrected chi connectivity index (χ0v) is 12.7. The van der Waals surface area contributed by atoms with Crippen LogP contribution in [0, 0.1) is 11.8 Å². The van der Waals surface area contributed by atoms with Crippen molar-refractivity contribution >= 4 is 0 Å². The molecule has 0 aliphatic carbocycles. The number of hydrogen-bond donors (Lipinski definition) is 1. The van der Waals surface area contributed by atoms with Crippen molar-refractivity contribution in [3.05, 3.63) is 29.6 Å². The highest BCUT2D eigenvalue weighted by molar-refractivity contribution is 5.11. The molecule has 2 unspecified atom stereocenters. The molecule has 1 aromatic heterocycles. The zero-order chi connectivity index (χ0) is 13.8. The van der Waals surface area contributed by atoms with Crippen molar-refractivity contribution in [2.24, 2.45) is 11.8 Å². The Morgan fingerprint density at radius 2 is 1.84 bits per heavy atom. The number of hydrogen-bond acceptors (Lipinski definition) is 3. The Bertz CT molecular complexity index is 393. The minimum atomic E-state index is 0.505. The molecule has 1 N–H and O–H groups in total. The maximum atomic E-state index is 4.75. The molecule has 0 saturated carbocycles. The number of aromatic nitrogens is 1. The first-order chi connectivity index (χ1) is 9.04. The van der Waals surface area contributed by atoms with Gasteiger partial charge in [0, 0.05) is 32.2 Å². The lowest BCUT2D eigenvalue weighted by molar-refractivity contribution is 0.312. The van der Waals surface area contributed by atoms with Crippen LogP contribution in [0.4, 0.5) is 0 Å². The molecule has 0 spiro atoms. The van der Waals surface area contributed by atoms with Crippen LogP contribution in [0.3, 0.4) is 0 Å². The van der Waals surface area contributed by atoms with Crippen LogP contribution in [0.1, 0.15) is 39.1 Å². The summed E-state index contributed by atoms with van der Waals surface area (Å²) in [5.74, 6) is 1.62. The van der Waals surface area contributed by atoms with Crippen LogP contribution in [0.2, 0.25) is 0 Å². The summed E-state index contributed by atoms with van der Waals surface area (Å²) in [5.41, 5.74) is 2.34. The molecule has 0 aromatic carbocycles. The molecule has 0 radical (unpaired) electrons. The van der Waals surface area contributed by atoms with Crippen LogP contribution in [0.25, 0.3) is 0 Å². The Morgan fingerprint density at radius 1 is 1.21 bits per heavy atom. The lowest BCUT2D eigenvalue weighted by atomic mass is 10.0. The molecule has 3 nitrogen and oxygen atoms in total. The van der Waals surface area contributed by atoms with E-state index in [0.29, 0.717) is 6.04 Å². The molecular formula is C16H27N3. The molecule has 2 heterocycles. The number of pyridine rings is 1. The van der Waals surface area contributed by atoms with E-state index in [-0.39, 0.29) is 0 Å². The number of nitrogens with zero attached hydrogens (tertiary/aromatic N) is 2. The Labute approximate surface area is 117 Å². The van der Waals surface area contributed by atoms with Crippen molar-refractivity contribution in [3.8, 4) is 0 Å². The van der Waals surface area contributed by atoms with Crippen LogP contribution in [-0.4, -0.2) is 29.0 Å². The molecule has 1 fully saturated rings. The topological polar surface area (TPSA) is 28.2 Å². The summed E-state index contributed by atoms with van der Waals surface area (Å²) in [6.45, 7) is 13.3. The molecule has 0 bridgehead atoms. The van der Waals surface area contributed by atoms with Gasteiger partial charge in [-0.3, -0.25) is 9.88 Å². The quantitative estimate of drug-likeness (QED) is 0.883. The van der Waals surface area contributed by atoms with Crippen molar-refractivity contribution in [3.63, 3.8) is 0 Å². The zero-order valence-electron chi connectivity index (χ0n) is 12.7. The molecule has 1 aliphatic heterocycles. The Kier molecular flexibility index (Phi) is 4.94. The van der Waals surface area contributed by atoms with Crippen LogP contribution < -0.4 is 5.32 Å². The summed E-state index contributed by atoms with van der Waals surface area (Å²) < 4.78 is 0. The van der Waals surface area contributed by atoms with Crippen LogP contribution >= 0.6 is 0 Å². The predicted octanol–water partition coefficient (Wildman–Crippen LogP) is 2.67. The van der Waals surface area contributed by atoms with Gasteiger partial charge in [-0.15, -0.1) is 0 Å². The van der Waals surface area contributed by atoms with Gasteiger partial charge in [-0.05, 0) is 24.0 Å². The maximum Gasteiger partial charge on any atom is 0.0547 e. The maximum absolute atomic E-state index is 4.75. The number of rotatable bonds is 5. The fraction of sp³-hybridized carbons (Fsp3) is 0.688. The van der Waals surface area contributed by atoms with E-state index < -0.39 is 0 Å². The predicted molar refractivity (Wildman–Crippen MR) is 79.8 cm³/mol. The van der Waals surface area contributed by atoms with Gasteiger partial charge in [0.05, 0.1) is 11.4 Å². The first-order valence-corrected chi connectivity index (χ1v) is 7.45. The molecule has 3 heteroatoms. The van der Waals surface area contributed by atoms with E-state index >= 15 is 0 Å². The third-order valence-electron chi connectivity index (χ3n) is 4.01. The molecule has 106 valence electrons. The van der Waals surface area contributed by atoms with Gasteiger partial charge in [0.15, 0.2) is 0 Å². The summed E-state index contributed by atoms with van der Waals surface area (Å²) in [7, 11) is 0. The first kappa shape index (κ1) is 14.5. The average molecular weight is 261 g/mol. The largest absolute Gasteiger partial charge is 0.309 e. The van der Waals surface area contributed by atoms with Crippen molar-refractivity contribution in [2.45, 2.75) is 46.8 Å². The Morgan fingerprint density at radius 3 is 2.47 bits per heavy atom. The molecule has 1 aromatic rings. The highest BCUT2D eigenvalue weighted by Gasteiger charge is 2.25. The lowest BCUT2D eigenvalue weighted by Gasteiger charge is -2.15. The van der Waals surface area contributed by atoms with Gasteiger partial charge in [0.25, 0.3) is 0 Å². The number of likely N-dealkylation sites (tertiary alicyclic amines) is 1. The summed E-state index contributed by atoms with van der Waals surface area (Å²) in [6.07, 6.45) is 0. The van der Waals surface area contributed by atoms with E-state index in [1.165, 1.54) is 18.8 Å². The van der Waals surface area contributed by atoms with E-state index in [1.54, 1.807) is 0 Å². The Balaban J connectivity index is 1.92. The van der Waals surface area contributed by atoms with Crippen molar-refractivity contribution in [2.75, 3.05) is 13.1 Å². The summed E-state index contributed by atoms with van der Waals surface area (Å²) in [5, 5.41) is 3.42. The van der Waals surface area contributed by atoms with E-state index in [9.17, 15) is 0 Å². The van der Waals surface area contributed by atoms with Gasteiger partial charge in [-0.2, -0.15) is 0 Å². The monoisotopic (exact) mass is 261 g/mol. The summed E-state index contributed by atoms with van der Waals surface area (Å²) in [4.78, 5) is 7.28. The van der Waals surface area contributed by atoms with Crippen molar-refractivity contribution in [1.82, 2.24) is 15.2 Å². The van der Waals surface area contributed by atoms with Crippen molar-refractivity contribution < 1.29 is 0 Å². The molecule has 1 aliphatic rings. The highest BCUT2D eigenvalue weighted by Crippen LogP contribution is 2.23. The van der Waals surface area contributed by atoms with Crippen LogP contribution in [-0.2, 0) is 13.1 Å². The van der Waals surface area contributed by atoms with E-state index in [1.807, 2.05) is 0 Å². The van der Waals surface area contributed by atoms with E-state index in [4.69, 9.17) is 4.98 Å².